The molecule has 1 aromatic rings. The summed E-state index contributed by atoms with van der Waals surface area (Å²) in [7, 11) is 1.69. The van der Waals surface area contributed by atoms with Crippen molar-refractivity contribution in [1.29, 1.82) is 0 Å². The highest BCUT2D eigenvalue weighted by atomic mass is 32.2. The fraction of sp³-hybridized carbons (Fsp3) is 0.400. The molecule has 0 spiro atoms. The van der Waals surface area contributed by atoms with Gasteiger partial charge in [0.1, 0.15) is 5.69 Å². The lowest BCUT2D eigenvalue weighted by Crippen LogP contribution is -1.96. The third-order valence-electron chi connectivity index (χ3n) is 1.91. The molecule has 0 aliphatic heterocycles. The molecular formula is C10H14N2O2S. The van der Waals surface area contributed by atoms with Crippen LogP contribution in [0.1, 0.15) is 13.3 Å². The molecule has 0 radical (unpaired) electrons. The standard InChI is InChI=1S/C10H14N2O2S/c1-3-6-15-8-4-5-10(12(13)14)9(7-8)11-2/h4-5,7,11H,3,6H2,1-2H3. The van der Waals surface area contributed by atoms with Gasteiger partial charge in [0, 0.05) is 18.0 Å². The van der Waals surface area contributed by atoms with Gasteiger partial charge in [-0.1, -0.05) is 6.92 Å². The molecular weight excluding hydrogens is 212 g/mol. The quantitative estimate of drug-likeness (QED) is 0.476. The summed E-state index contributed by atoms with van der Waals surface area (Å²) in [5.74, 6) is 1.03. The normalized spacial score (nSPS) is 10.0. The number of anilines is 1. The number of nitrogens with one attached hydrogen (secondary N) is 1. The Morgan fingerprint density at radius 3 is 2.80 bits per heavy atom. The van der Waals surface area contributed by atoms with Crippen molar-refractivity contribution in [1.82, 2.24) is 0 Å². The lowest BCUT2D eigenvalue weighted by atomic mass is 10.3. The fourth-order valence-electron chi connectivity index (χ4n) is 1.18. The molecule has 1 N–H and O–H groups in total. The maximum atomic E-state index is 10.7. The van der Waals surface area contributed by atoms with Crippen molar-refractivity contribution < 1.29 is 4.92 Å². The zero-order chi connectivity index (χ0) is 11.3. The minimum absolute atomic E-state index is 0.123. The van der Waals surface area contributed by atoms with Crippen LogP contribution < -0.4 is 5.32 Å². The number of nitro groups is 1. The second-order valence-corrected chi connectivity index (χ2v) is 4.20. The number of nitrogens with zero attached hydrogens (tertiary/aromatic N) is 1. The Kier molecular flexibility index (Phi) is 4.42. The van der Waals surface area contributed by atoms with Gasteiger partial charge in [0.15, 0.2) is 0 Å². The second-order valence-electron chi connectivity index (χ2n) is 3.03. The van der Waals surface area contributed by atoms with Crippen molar-refractivity contribution in [3.05, 3.63) is 28.3 Å². The van der Waals surface area contributed by atoms with Gasteiger partial charge in [0.05, 0.1) is 4.92 Å². The Labute approximate surface area is 93.2 Å². The van der Waals surface area contributed by atoms with Crippen molar-refractivity contribution in [2.24, 2.45) is 0 Å². The summed E-state index contributed by atoms with van der Waals surface area (Å²) in [4.78, 5) is 11.4. The number of rotatable bonds is 5. The Bertz CT molecular complexity index is 355. The summed E-state index contributed by atoms with van der Waals surface area (Å²) in [6.07, 6.45) is 1.09. The molecule has 0 unspecified atom stereocenters. The molecule has 15 heavy (non-hydrogen) atoms. The molecule has 0 saturated carbocycles. The second kappa shape index (κ2) is 5.60. The molecule has 0 amide bonds. The average molecular weight is 226 g/mol. The molecule has 4 nitrogen and oxygen atoms in total. The van der Waals surface area contributed by atoms with Crippen LogP contribution in [-0.2, 0) is 0 Å². The molecule has 0 aliphatic rings. The van der Waals surface area contributed by atoms with Gasteiger partial charge in [0.2, 0.25) is 0 Å². The summed E-state index contributed by atoms with van der Waals surface area (Å²) in [6, 6.07) is 5.15. The van der Waals surface area contributed by atoms with Crippen molar-refractivity contribution in [3.8, 4) is 0 Å². The first kappa shape index (κ1) is 11.8. The van der Waals surface area contributed by atoms with Gasteiger partial charge >= 0.3 is 0 Å². The minimum atomic E-state index is -0.375. The summed E-state index contributed by atoms with van der Waals surface area (Å²) in [6.45, 7) is 2.11. The Morgan fingerprint density at radius 1 is 1.53 bits per heavy atom. The average Bonchev–Trinajstić information content (AvgIpc) is 2.25. The molecule has 0 saturated heterocycles. The molecule has 5 heteroatoms. The first-order valence-electron chi connectivity index (χ1n) is 4.78. The number of hydrogen-bond acceptors (Lipinski definition) is 4. The van der Waals surface area contributed by atoms with Gasteiger partial charge in [-0.3, -0.25) is 10.1 Å². The molecule has 82 valence electrons. The molecule has 1 aromatic carbocycles. The van der Waals surface area contributed by atoms with Crippen molar-refractivity contribution in [2.45, 2.75) is 18.2 Å². The number of benzene rings is 1. The minimum Gasteiger partial charge on any atom is -0.383 e. The van der Waals surface area contributed by atoms with Gasteiger partial charge in [-0.15, -0.1) is 11.8 Å². The summed E-state index contributed by atoms with van der Waals surface area (Å²) < 4.78 is 0. The van der Waals surface area contributed by atoms with E-state index in [0.29, 0.717) is 5.69 Å². The van der Waals surface area contributed by atoms with E-state index in [4.69, 9.17) is 0 Å². The Morgan fingerprint density at radius 2 is 2.27 bits per heavy atom. The maximum absolute atomic E-state index is 10.7. The SMILES string of the molecule is CCCSc1ccc([N+](=O)[O-])c(NC)c1. The molecule has 0 atom stereocenters. The lowest BCUT2D eigenvalue weighted by molar-refractivity contribution is -0.384. The molecule has 1 rings (SSSR count). The van der Waals surface area contributed by atoms with E-state index in [9.17, 15) is 10.1 Å². The zero-order valence-corrected chi connectivity index (χ0v) is 9.63. The van der Waals surface area contributed by atoms with E-state index in [1.165, 1.54) is 0 Å². The topological polar surface area (TPSA) is 55.2 Å². The lowest BCUT2D eigenvalue weighted by Gasteiger charge is -2.04. The molecule has 0 fully saturated rings. The van der Waals surface area contributed by atoms with Crippen molar-refractivity contribution >= 4 is 23.1 Å². The van der Waals surface area contributed by atoms with E-state index < -0.39 is 0 Å². The molecule has 0 heterocycles. The van der Waals surface area contributed by atoms with E-state index in [2.05, 4.69) is 12.2 Å². The number of hydrogen-bond donors (Lipinski definition) is 1. The van der Waals surface area contributed by atoms with Crippen molar-refractivity contribution in [2.75, 3.05) is 18.1 Å². The van der Waals surface area contributed by atoms with Crippen LogP contribution in [0.25, 0.3) is 0 Å². The predicted octanol–water partition coefficient (Wildman–Crippen LogP) is 3.14. The monoisotopic (exact) mass is 226 g/mol. The predicted molar refractivity (Wildman–Crippen MR) is 63.7 cm³/mol. The Balaban J connectivity index is 2.92. The maximum Gasteiger partial charge on any atom is 0.292 e. The van der Waals surface area contributed by atoms with E-state index in [1.807, 2.05) is 6.07 Å². The van der Waals surface area contributed by atoms with E-state index >= 15 is 0 Å². The van der Waals surface area contributed by atoms with Crippen LogP contribution in [0, 0.1) is 10.1 Å². The van der Waals surface area contributed by atoms with Gasteiger partial charge in [-0.2, -0.15) is 0 Å². The highest BCUT2D eigenvalue weighted by Gasteiger charge is 2.12. The third kappa shape index (κ3) is 3.13. The number of thioether (sulfide) groups is 1. The van der Waals surface area contributed by atoms with Gasteiger partial charge in [0.25, 0.3) is 5.69 Å². The molecule has 0 bridgehead atoms. The summed E-state index contributed by atoms with van der Waals surface area (Å²) in [5.41, 5.74) is 0.694. The summed E-state index contributed by atoms with van der Waals surface area (Å²) in [5, 5.41) is 13.5. The van der Waals surface area contributed by atoms with Crippen molar-refractivity contribution in [3.63, 3.8) is 0 Å². The Hall–Kier alpha value is -1.23. The summed E-state index contributed by atoms with van der Waals surface area (Å²) >= 11 is 1.71. The van der Waals surface area contributed by atoms with Gasteiger partial charge < -0.3 is 5.32 Å². The number of nitro benzene ring substituents is 1. The largest absolute Gasteiger partial charge is 0.383 e. The van der Waals surface area contributed by atoms with Crippen LogP contribution in [0.4, 0.5) is 11.4 Å². The van der Waals surface area contributed by atoms with Gasteiger partial charge in [-0.05, 0) is 24.3 Å². The third-order valence-corrected chi connectivity index (χ3v) is 3.11. The van der Waals surface area contributed by atoms with Crippen LogP contribution in [0.5, 0.6) is 0 Å². The highest BCUT2D eigenvalue weighted by molar-refractivity contribution is 7.99. The van der Waals surface area contributed by atoms with E-state index in [1.54, 1.807) is 30.9 Å². The fourth-order valence-corrected chi connectivity index (χ4v) is 1.99. The van der Waals surface area contributed by atoms with E-state index in [0.717, 1.165) is 17.1 Å². The molecule has 0 aromatic heterocycles. The van der Waals surface area contributed by atoms with Gasteiger partial charge in [-0.25, -0.2) is 0 Å². The highest BCUT2D eigenvalue weighted by Crippen LogP contribution is 2.29. The van der Waals surface area contributed by atoms with Crippen LogP contribution in [0.3, 0.4) is 0 Å². The van der Waals surface area contributed by atoms with Crippen LogP contribution in [-0.4, -0.2) is 17.7 Å². The van der Waals surface area contributed by atoms with Crippen LogP contribution in [0.2, 0.25) is 0 Å². The first-order chi connectivity index (χ1) is 7.19. The smallest absolute Gasteiger partial charge is 0.292 e. The zero-order valence-electron chi connectivity index (χ0n) is 8.82. The van der Waals surface area contributed by atoms with Crippen LogP contribution in [0.15, 0.2) is 23.1 Å². The first-order valence-corrected chi connectivity index (χ1v) is 5.76. The van der Waals surface area contributed by atoms with E-state index in [-0.39, 0.29) is 10.6 Å². The molecule has 0 aliphatic carbocycles. The van der Waals surface area contributed by atoms with Crippen LogP contribution >= 0.6 is 11.8 Å².